The number of nitrogens with zero attached hydrogens (tertiary/aromatic N) is 2. The molecule has 0 atom stereocenters. The number of ether oxygens (including phenoxy) is 1. The van der Waals surface area contributed by atoms with E-state index in [1.807, 2.05) is 40.1 Å². The fourth-order valence-corrected chi connectivity index (χ4v) is 3.95. The number of amides is 3. The smallest absolute Gasteiger partial charge is 0.317 e. The Labute approximate surface area is 149 Å². The van der Waals surface area contributed by atoms with Crippen molar-refractivity contribution in [1.29, 1.82) is 0 Å². The molecule has 3 amide bonds. The van der Waals surface area contributed by atoms with Gasteiger partial charge in [-0.05, 0) is 24.8 Å². The number of rotatable bonds is 5. The molecular weight excluding hydrogens is 318 g/mol. The summed E-state index contributed by atoms with van der Waals surface area (Å²) in [5.74, 6) is 0.221. The van der Waals surface area contributed by atoms with Gasteiger partial charge in [0.1, 0.15) is 0 Å². The van der Waals surface area contributed by atoms with Crippen LogP contribution in [-0.4, -0.2) is 60.6 Å². The highest BCUT2D eigenvalue weighted by Crippen LogP contribution is 2.38. The second-order valence-corrected chi connectivity index (χ2v) is 6.89. The zero-order chi connectivity index (χ0) is 17.7. The number of likely N-dealkylation sites (tertiary alicyclic amines) is 2. The molecule has 0 aliphatic carbocycles. The second kappa shape index (κ2) is 7.87. The summed E-state index contributed by atoms with van der Waals surface area (Å²) in [5.41, 5.74) is 1.02. The first-order valence-corrected chi connectivity index (χ1v) is 9.01. The number of carbonyl (C=O) groups is 2. The summed E-state index contributed by atoms with van der Waals surface area (Å²) in [6, 6.07) is 9.89. The van der Waals surface area contributed by atoms with Gasteiger partial charge in [-0.2, -0.15) is 0 Å². The summed E-state index contributed by atoms with van der Waals surface area (Å²) < 4.78 is 5.15. The second-order valence-electron chi connectivity index (χ2n) is 6.89. The van der Waals surface area contributed by atoms with Crippen molar-refractivity contribution in [1.82, 2.24) is 15.1 Å². The Hall–Kier alpha value is -2.08. The van der Waals surface area contributed by atoms with E-state index in [0.717, 1.165) is 24.8 Å². The molecule has 6 nitrogen and oxygen atoms in total. The maximum atomic E-state index is 12.4. The first-order valence-electron chi connectivity index (χ1n) is 9.01. The average molecular weight is 345 g/mol. The van der Waals surface area contributed by atoms with Crippen LogP contribution in [0, 0.1) is 0 Å². The molecule has 1 spiro atoms. The van der Waals surface area contributed by atoms with Gasteiger partial charge in [0.2, 0.25) is 5.91 Å². The molecule has 2 aliphatic rings. The Balaban J connectivity index is 1.52. The van der Waals surface area contributed by atoms with Crippen LogP contribution in [0.1, 0.15) is 31.2 Å². The van der Waals surface area contributed by atoms with E-state index in [2.05, 4.69) is 5.32 Å². The van der Waals surface area contributed by atoms with E-state index in [0.29, 0.717) is 39.2 Å². The van der Waals surface area contributed by atoms with Gasteiger partial charge >= 0.3 is 6.03 Å². The SMILES string of the molecule is COCCN1C(=O)CCC12CCN(C(=O)NCc1ccccc1)CC2. The van der Waals surface area contributed by atoms with Crippen LogP contribution in [0.25, 0.3) is 0 Å². The van der Waals surface area contributed by atoms with Crippen molar-refractivity contribution in [2.45, 2.75) is 37.8 Å². The molecule has 1 aromatic carbocycles. The molecule has 0 radical (unpaired) electrons. The number of hydrogen-bond acceptors (Lipinski definition) is 3. The first kappa shape index (κ1) is 17.7. The summed E-state index contributed by atoms with van der Waals surface area (Å²) in [4.78, 5) is 28.5. The van der Waals surface area contributed by atoms with Gasteiger partial charge in [0.15, 0.2) is 0 Å². The van der Waals surface area contributed by atoms with Gasteiger partial charge in [-0.1, -0.05) is 30.3 Å². The normalized spacial score (nSPS) is 19.5. The number of hydrogen-bond donors (Lipinski definition) is 1. The van der Waals surface area contributed by atoms with Crippen LogP contribution in [0.15, 0.2) is 30.3 Å². The van der Waals surface area contributed by atoms with Gasteiger partial charge < -0.3 is 19.9 Å². The Morgan fingerprint density at radius 2 is 1.92 bits per heavy atom. The molecule has 136 valence electrons. The van der Waals surface area contributed by atoms with Gasteiger partial charge in [-0.15, -0.1) is 0 Å². The number of methoxy groups -OCH3 is 1. The van der Waals surface area contributed by atoms with Gasteiger partial charge in [0, 0.05) is 45.2 Å². The van der Waals surface area contributed by atoms with Crippen molar-refractivity contribution in [2.75, 3.05) is 33.4 Å². The Bertz CT molecular complexity index is 597. The summed E-state index contributed by atoms with van der Waals surface area (Å²) in [5, 5.41) is 2.99. The van der Waals surface area contributed by atoms with Crippen LogP contribution in [0.3, 0.4) is 0 Å². The van der Waals surface area contributed by atoms with Crippen molar-refractivity contribution in [2.24, 2.45) is 0 Å². The van der Waals surface area contributed by atoms with Crippen LogP contribution >= 0.6 is 0 Å². The molecule has 3 rings (SSSR count). The van der Waals surface area contributed by atoms with Crippen molar-refractivity contribution in [3.8, 4) is 0 Å². The number of urea groups is 1. The first-order chi connectivity index (χ1) is 12.1. The maximum Gasteiger partial charge on any atom is 0.317 e. The van der Waals surface area contributed by atoms with E-state index < -0.39 is 0 Å². The highest BCUT2D eigenvalue weighted by atomic mass is 16.5. The van der Waals surface area contributed by atoms with E-state index >= 15 is 0 Å². The van der Waals surface area contributed by atoms with Crippen LogP contribution in [0.5, 0.6) is 0 Å². The fraction of sp³-hybridized carbons (Fsp3) is 0.579. The molecular formula is C19H27N3O3. The molecule has 0 saturated carbocycles. The highest BCUT2D eigenvalue weighted by molar-refractivity contribution is 5.80. The predicted octanol–water partition coefficient (Wildman–Crippen LogP) is 2.00. The van der Waals surface area contributed by atoms with Gasteiger partial charge in [0.25, 0.3) is 0 Å². The average Bonchev–Trinajstić information content (AvgIpc) is 2.95. The van der Waals surface area contributed by atoms with Crippen LogP contribution in [0.4, 0.5) is 4.79 Å². The lowest BCUT2D eigenvalue weighted by atomic mass is 9.85. The van der Waals surface area contributed by atoms with Crippen molar-refractivity contribution < 1.29 is 14.3 Å². The van der Waals surface area contributed by atoms with Crippen molar-refractivity contribution >= 4 is 11.9 Å². The van der Waals surface area contributed by atoms with Crippen LogP contribution < -0.4 is 5.32 Å². The van der Waals surface area contributed by atoms with Crippen LogP contribution in [0.2, 0.25) is 0 Å². The van der Waals surface area contributed by atoms with E-state index in [-0.39, 0.29) is 17.5 Å². The zero-order valence-corrected chi connectivity index (χ0v) is 14.9. The molecule has 25 heavy (non-hydrogen) atoms. The standard InChI is InChI=1S/C19H27N3O3/c1-25-14-13-22-17(23)7-8-19(22)9-11-21(12-10-19)18(24)20-15-16-5-3-2-4-6-16/h2-6H,7-15H2,1H3,(H,20,24). The third-order valence-corrected chi connectivity index (χ3v) is 5.46. The predicted molar refractivity (Wildman–Crippen MR) is 95.0 cm³/mol. The molecule has 2 fully saturated rings. The minimum atomic E-state index is -0.0776. The summed E-state index contributed by atoms with van der Waals surface area (Å²) in [6.07, 6.45) is 3.21. The number of nitrogens with one attached hydrogen (secondary N) is 1. The van der Waals surface area contributed by atoms with Gasteiger partial charge in [0.05, 0.1) is 6.61 Å². The summed E-state index contributed by atoms with van der Waals surface area (Å²) in [7, 11) is 1.66. The largest absolute Gasteiger partial charge is 0.383 e. The van der Waals surface area contributed by atoms with E-state index in [4.69, 9.17) is 4.74 Å². The number of benzene rings is 1. The van der Waals surface area contributed by atoms with E-state index in [9.17, 15) is 9.59 Å². The molecule has 0 aromatic heterocycles. The Morgan fingerprint density at radius 1 is 1.20 bits per heavy atom. The topological polar surface area (TPSA) is 61.9 Å². The number of carbonyl (C=O) groups excluding carboxylic acids is 2. The molecule has 2 saturated heterocycles. The van der Waals surface area contributed by atoms with Gasteiger partial charge in [-0.3, -0.25) is 4.79 Å². The highest BCUT2D eigenvalue weighted by Gasteiger charge is 2.47. The lowest BCUT2D eigenvalue weighted by molar-refractivity contribution is -0.133. The molecule has 1 N–H and O–H groups in total. The summed E-state index contributed by atoms with van der Waals surface area (Å²) >= 11 is 0. The molecule has 2 aliphatic heterocycles. The summed E-state index contributed by atoms with van der Waals surface area (Å²) in [6.45, 7) is 3.14. The maximum absolute atomic E-state index is 12.4. The van der Waals surface area contributed by atoms with Crippen molar-refractivity contribution in [3.63, 3.8) is 0 Å². The van der Waals surface area contributed by atoms with E-state index in [1.54, 1.807) is 7.11 Å². The Kier molecular flexibility index (Phi) is 5.58. The monoisotopic (exact) mass is 345 g/mol. The molecule has 2 heterocycles. The molecule has 1 aromatic rings. The minimum Gasteiger partial charge on any atom is -0.383 e. The van der Waals surface area contributed by atoms with E-state index in [1.165, 1.54) is 0 Å². The minimum absolute atomic E-state index is 0.0218. The molecule has 6 heteroatoms. The lowest BCUT2D eigenvalue weighted by Crippen LogP contribution is -2.56. The Morgan fingerprint density at radius 3 is 2.60 bits per heavy atom. The van der Waals surface area contributed by atoms with Crippen LogP contribution in [-0.2, 0) is 16.1 Å². The third-order valence-electron chi connectivity index (χ3n) is 5.46. The quantitative estimate of drug-likeness (QED) is 0.888. The zero-order valence-electron chi connectivity index (χ0n) is 14.9. The lowest BCUT2D eigenvalue weighted by Gasteiger charge is -2.44. The molecule has 0 bridgehead atoms. The third kappa shape index (κ3) is 3.95. The fourth-order valence-electron chi connectivity index (χ4n) is 3.95. The molecule has 0 unspecified atom stereocenters. The van der Waals surface area contributed by atoms with Gasteiger partial charge in [-0.25, -0.2) is 4.79 Å². The number of piperidine rings is 1. The van der Waals surface area contributed by atoms with Crippen molar-refractivity contribution in [3.05, 3.63) is 35.9 Å².